The molecule has 3 aromatic carbocycles. The number of carbonyl (C=O) groups excluding carboxylic acids is 1. The molecule has 0 saturated heterocycles. The van der Waals surface area contributed by atoms with Crippen LogP contribution >= 0.6 is 0 Å². The third-order valence-corrected chi connectivity index (χ3v) is 6.51. The number of ether oxygens (including phenoxy) is 1. The first-order valence-electron chi connectivity index (χ1n) is 10.1. The van der Waals surface area contributed by atoms with E-state index in [-0.39, 0.29) is 16.8 Å². The normalized spacial score (nSPS) is 12.7. The molecule has 1 amide bonds. The van der Waals surface area contributed by atoms with E-state index in [2.05, 4.69) is 20.0 Å². The van der Waals surface area contributed by atoms with Gasteiger partial charge in [-0.25, -0.2) is 23.1 Å². The predicted molar refractivity (Wildman–Crippen MR) is 123 cm³/mol. The molecule has 2 N–H and O–H groups in total. The van der Waals surface area contributed by atoms with Crippen LogP contribution < -0.4 is 14.8 Å². The molecule has 5 rings (SSSR count). The van der Waals surface area contributed by atoms with Gasteiger partial charge in [-0.05, 0) is 42.5 Å². The largest absolute Gasteiger partial charge is 0.457 e. The summed E-state index contributed by atoms with van der Waals surface area (Å²) >= 11 is 0. The highest BCUT2D eigenvalue weighted by Crippen LogP contribution is 2.44. The number of hydrogen-bond acceptors (Lipinski definition) is 6. The molecule has 0 aliphatic carbocycles. The first kappa shape index (κ1) is 20.7. The number of aromatic nitrogens is 2. The maximum Gasteiger partial charge on any atom is 0.264 e. The van der Waals surface area contributed by atoms with Gasteiger partial charge in [0, 0.05) is 29.2 Å². The number of fused-ring (bicyclic) bond motifs is 2. The lowest BCUT2D eigenvalue weighted by Gasteiger charge is -2.27. The zero-order chi connectivity index (χ0) is 22.8. The molecule has 0 saturated carbocycles. The Labute approximate surface area is 190 Å². The zero-order valence-electron chi connectivity index (χ0n) is 17.2. The van der Waals surface area contributed by atoms with Gasteiger partial charge >= 0.3 is 0 Å². The molecule has 8 nitrogen and oxygen atoms in total. The molecule has 1 aliphatic rings. The average molecular weight is 458 g/mol. The fourth-order valence-electron chi connectivity index (χ4n) is 3.66. The highest BCUT2D eigenvalue weighted by molar-refractivity contribution is 7.92. The fourth-order valence-corrected chi connectivity index (χ4v) is 4.61. The molecule has 0 atom stereocenters. The number of anilines is 2. The van der Waals surface area contributed by atoms with Crippen LogP contribution in [0.1, 0.15) is 17.0 Å². The first-order valence-corrected chi connectivity index (χ1v) is 11.6. The van der Waals surface area contributed by atoms with Crippen LogP contribution in [0.4, 0.5) is 11.6 Å². The van der Waals surface area contributed by atoms with Crippen LogP contribution in [0, 0.1) is 0 Å². The second-order valence-electron chi connectivity index (χ2n) is 7.30. The van der Waals surface area contributed by atoms with Gasteiger partial charge in [-0.3, -0.25) is 4.79 Å². The lowest BCUT2D eigenvalue weighted by atomic mass is 9.87. The molecule has 33 heavy (non-hydrogen) atoms. The monoisotopic (exact) mass is 458 g/mol. The molecule has 9 heteroatoms. The third kappa shape index (κ3) is 4.13. The van der Waals surface area contributed by atoms with Crippen molar-refractivity contribution in [2.75, 3.05) is 10.0 Å². The Morgan fingerprint density at radius 2 is 1.36 bits per heavy atom. The number of carbonyl (C=O) groups is 1. The predicted octanol–water partition coefficient (Wildman–Crippen LogP) is 4.15. The molecule has 4 aromatic rings. The molecular formula is C24H18N4O4S. The zero-order valence-corrected chi connectivity index (χ0v) is 18.0. The standard InChI is InChI=1S/C24H18N4O4S/c29-23(22-18-6-1-3-8-20(18)32-21-9-4-2-7-19(21)22)27-16-10-12-17(13-11-16)33(30,31)28-24-25-14-5-15-26-24/h1-15,22H,(H,27,29)(H,25,26,28). The summed E-state index contributed by atoms with van der Waals surface area (Å²) in [4.78, 5) is 21.1. The number of para-hydroxylation sites is 2. The van der Waals surface area contributed by atoms with E-state index in [0.717, 1.165) is 11.1 Å². The molecule has 0 unspecified atom stereocenters. The Morgan fingerprint density at radius 3 is 1.97 bits per heavy atom. The van der Waals surface area contributed by atoms with Crippen LogP contribution in [-0.2, 0) is 14.8 Å². The topological polar surface area (TPSA) is 110 Å². The third-order valence-electron chi connectivity index (χ3n) is 5.17. The van der Waals surface area contributed by atoms with Crippen molar-refractivity contribution < 1.29 is 17.9 Å². The van der Waals surface area contributed by atoms with Gasteiger partial charge in [0.2, 0.25) is 11.9 Å². The Kier molecular flexibility index (Phi) is 5.23. The Hall–Kier alpha value is -4.24. The summed E-state index contributed by atoms with van der Waals surface area (Å²) in [6.07, 6.45) is 2.88. The van der Waals surface area contributed by atoms with E-state index in [1.807, 2.05) is 48.5 Å². The van der Waals surface area contributed by atoms with E-state index < -0.39 is 15.9 Å². The smallest absolute Gasteiger partial charge is 0.264 e. The van der Waals surface area contributed by atoms with E-state index >= 15 is 0 Å². The van der Waals surface area contributed by atoms with Crippen LogP contribution in [0.2, 0.25) is 0 Å². The SMILES string of the molecule is O=C(Nc1ccc(S(=O)(=O)Nc2ncccn2)cc1)C1c2ccccc2Oc2ccccc21. The molecule has 0 fully saturated rings. The molecule has 0 bridgehead atoms. The Balaban J connectivity index is 1.38. The fraction of sp³-hybridized carbons (Fsp3) is 0.0417. The molecule has 0 spiro atoms. The van der Waals surface area contributed by atoms with Crippen molar-refractivity contribution >= 4 is 27.6 Å². The summed E-state index contributed by atoms with van der Waals surface area (Å²) in [7, 11) is -3.86. The summed E-state index contributed by atoms with van der Waals surface area (Å²) in [5, 5.41) is 2.89. The van der Waals surface area contributed by atoms with E-state index in [0.29, 0.717) is 17.2 Å². The van der Waals surface area contributed by atoms with Crippen molar-refractivity contribution in [3.8, 4) is 11.5 Å². The van der Waals surface area contributed by atoms with Crippen LogP contribution in [0.25, 0.3) is 0 Å². The first-order chi connectivity index (χ1) is 16.0. The molecular weight excluding hydrogens is 440 g/mol. The lowest BCUT2D eigenvalue weighted by Crippen LogP contribution is -2.25. The van der Waals surface area contributed by atoms with Crippen molar-refractivity contribution in [3.63, 3.8) is 0 Å². The Bertz CT molecular complexity index is 1380. The highest BCUT2D eigenvalue weighted by Gasteiger charge is 2.32. The van der Waals surface area contributed by atoms with Crippen molar-refractivity contribution in [1.29, 1.82) is 0 Å². The van der Waals surface area contributed by atoms with Crippen molar-refractivity contribution in [1.82, 2.24) is 9.97 Å². The summed E-state index contributed by atoms with van der Waals surface area (Å²) in [6, 6.07) is 22.3. The number of sulfonamides is 1. The van der Waals surface area contributed by atoms with E-state index in [4.69, 9.17) is 4.74 Å². The van der Waals surface area contributed by atoms with Gasteiger partial charge in [0.15, 0.2) is 0 Å². The summed E-state index contributed by atoms with van der Waals surface area (Å²) in [5.41, 5.74) is 2.00. The maximum atomic E-state index is 13.3. The lowest BCUT2D eigenvalue weighted by molar-refractivity contribution is -0.116. The van der Waals surface area contributed by atoms with Crippen LogP contribution in [-0.4, -0.2) is 24.3 Å². The average Bonchev–Trinajstić information content (AvgIpc) is 2.83. The molecule has 1 aromatic heterocycles. The number of rotatable bonds is 5. The van der Waals surface area contributed by atoms with Crippen molar-refractivity contribution in [2.45, 2.75) is 10.8 Å². The number of benzene rings is 3. The summed E-state index contributed by atoms with van der Waals surface area (Å²) < 4.78 is 33.4. The van der Waals surface area contributed by atoms with Gasteiger partial charge < -0.3 is 10.1 Å². The maximum absolute atomic E-state index is 13.3. The van der Waals surface area contributed by atoms with Gasteiger partial charge in [-0.2, -0.15) is 0 Å². The van der Waals surface area contributed by atoms with Crippen LogP contribution in [0.3, 0.4) is 0 Å². The van der Waals surface area contributed by atoms with Gasteiger partial charge in [-0.15, -0.1) is 0 Å². The van der Waals surface area contributed by atoms with E-state index in [1.54, 1.807) is 6.07 Å². The van der Waals surface area contributed by atoms with Crippen LogP contribution in [0.5, 0.6) is 11.5 Å². The second-order valence-corrected chi connectivity index (χ2v) is 8.98. The molecule has 0 radical (unpaired) electrons. The number of hydrogen-bond donors (Lipinski definition) is 2. The van der Waals surface area contributed by atoms with E-state index in [1.165, 1.54) is 36.7 Å². The molecule has 1 aliphatic heterocycles. The van der Waals surface area contributed by atoms with Crippen LogP contribution in [0.15, 0.2) is 96.2 Å². The summed E-state index contributed by atoms with van der Waals surface area (Å²) in [5.74, 6) is 0.432. The minimum Gasteiger partial charge on any atom is -0.457 e. The number of nitrogens with zero attached hydrogens (tertiary/aromatic N) is 2. The number of amides is 1. The highest BCUT2D eigenvalue weighted by atomic mass is 32.2. The second kappa shape index (κ2) is 8.36. The summed E-state index contributed by atoms with van der Waals surface area (Å²) in [6.45, 7) is 0. The van der Waals surface area contributed by atoms with Gasteiger partial charge in [0.05, 0.1) is 10.8 Å². The molecule has 164 valence electrons. The minimum absolute atomic E-state index is 0.0215. The Morgan fingerprint density at radius 1 is 0.788 bits per heavy atom. The minimum atomic E-state index is -3.86. The van der Waals surface area contributed by atoms with Gasteiger partial charge in [-0.1, -0.05) is 36.4 Å². The molecule has 2 heterocycles. The van der Waals surface area contributed by atoms with Gasteiger partial charge in [0.25, 0.3) is 10.0 Å². The number of nitrogens with one attached hydrogen (secondary N) is 2. The van der Waals surface area contributed by atoms with E-state index in [9.17, 15) is 13.2 Å². The van der Waals surface area contributed by atoms with Crippen molar-refractivity contribution in [2.24, 2.45) is 0 Å². The van der Waals surface area contributed by atoms with Gasteiger partial charge in [0.1, 0.15) is 11.5 Å². The quantitative estimate of drug-likeness (QED) is 0.465. The van der Waals surface area contributed by atoms with Crippen molar-refractivity contribution in [3.05, 3.63) is 102 Å².